The maximum Gasteiger partial charge on any atom is 0.342 e. The van der Waals surface area contributed by atoms with Gasteiger partial charge < -0.3 is 9.47 Å². The lowest BCUT2D eigenvalue weighted by Gasteiger charge is -2.13. The van der Waals surface area contributed by atoms with Gasteiger partial charge in [-0.1, -0.05) is 48.2 Å². The minimum atomic E-state index is -0.718. The van der Waals surface area contributed by atoms with Crippen molar-refractivity contribution >= 4 is 23.9 Å². The average molecular weight is 455 g/mol. The third-order valence-corrected chi connectivity index (χ3v) is 5.24. The molecule has 11 heteroatoms. The first-order valence-corrected chi connectivity index (χ1v) is 10.4. The zero-order chi connectivity index (χ0) is 22.9. The Balaban J connectivity index is 1.66. The Bertz CT molecular complexity index is 1210. The molecular weight excluding hydrogens is 434 g/mol. The van der Waals surface area contributed by atoms with Crippen LogP contribution in [0.15, 0.2) is 68.2 Å². The van der Waals surface area contributed by atoms with E-state index in [-0.39, 0.29) is 5.03 Å². The third-order valence-electron chi connectivity index (χ3n) is 4.17. The predicted octanol–water partition coefficient (Wildman–Crippen LogP) is 1.68. The number of aromatic amines is 2. The number of ether oxygens (including phenoxy) is 2. The Morgan fingerprint density at radius 3 is 2.72 bits per heavy atom. The van der Waals surface area contributed by atoms with Crippen molar-refractivity contribution in [1.29, 1.82) is 0 Å². The van der Waals surface area contributed by atoms with E-state index in [4.69, 9.17) is 9.47 Å². The van der Waals surface area contributed by atoms with E-state index < -0.39 is 22.4 Å². The van der Waals surface area contributed by atoms with Crippen LogP contribution in [-0.2, 0) is 11.4 Å². The lowest BCUT2D eigenvalue weighted by molar-refractivity contribution is -0.120. The second kappa shape index (κ2) is 11.0. The standard InChI is InChI=1S/C21H21N5O5S/c1-13(32-20-19(28)23-21(29)26-25-20)18(27)24-22-11-15-9-6-10-16(30-2)17(15)31-12-14-7-4-3-5-8-14/h3-11,13H,12H2,1-2H3,(H,24,27)(H2,23,26,28,29)/b22-11+. The summed E-state index contributed by atoms with van der Waals surface area (Å²) in [4.78, 5) is 37.1. The highest BCUT2D eigenvalue weighted by Gasteiger charge is 2.17. The lowest BCUT2D eigenvalue weighted by atomic mass is 10.2. The molecule has 1 aromatic heterocycles. The molecule has 166 valence electrons. The van der Waals surface area contributed by atoms with Crippen LogP contribution in [0.3, 0.4) is 0 Å². The topological polar surface area (TPSA) is 139 Å². The molecule has 0 saturated carbocycles. The highest BCUT2D eigenvalue weighted by molar-refractivity contribution is 8.00. The number of para-hydroxylation sites is 1. The van der Waals surface area contributed by atoms with Gasteiger partial charge in [-0.05, 0) is 24.6 Å². The van der Waals surface area contributed by atoms with Crippen molar-refractivity contribution in [3.63, 3.8) is 0 Å². The van der Waals surface area contributed by atoms with Crippen molar-refractivity contribution in [2.75, 3.05) is 7.11 Å². The van der Waals surface area contributed by atoms with Gasteiger partial charge in [-0.2, -0.15) is 10.2 Å². The molecule has 3 aromatic rings. The number of rotatable bonds is 9. The number of hydrogen-bond donors (Lipinski definition) is 3. The number of hydrazone groups is 1. The molecule has 0 spiro atoms. The van der Waals surface area contributed by atoms with Crippen LogP contribution < -0.4 is 26.1 Å². The molecule has 1 unspecified atom stereocenters. The van der Waals surface area contributed by atoms with Gasteiger partial charge in [0.05, 0.1) is 18.6 Å². The minimum absolute atomic E-state index is 0.0272. The number of hydrogen-bond acceptors (Lipinski definition) is 8. The summed E-state index contributed by atoms with van der Waals surface area (Å²) < 4.78 is 11.3. The monoisotopic (exact) mass is 455 g/mol. The number of benzene rings is 2. The number of carbonyl (C=O) groups is 1. The summed E-state index contributed by atoms with van der Waals surface area (Å²) in [7, 11) is 1.54. The van der Waals surface area contributed by atoms with Crippen LogP contribution in [0, 0.1) is 0 Å². The lowest BCUT2D eigenvalue weighted by Crippen LogP contribution is -2.30. The van der Waals surface area contributed by atoms with Crippen molar-refractivity contribution < 1.29 is 14.3 Å². The molecule has 3 rings (SSSR count). The smallest absolute Gasteiger partial charge is 0.342 e. The van der Waals surface area contributed by atoms with Gasteiger partial charge in [-0.3, -0.25) is 14.6 Å². The zero-order valence-electron chi connectivity index (χ0n) is 17.3. The van der Waals surface area contributed by atoms with Crippen LogP contribution in [0.5, 0.6) is 11.5 Å². The molecule has 10 nitrogen and oxygen atoms in total. The Morgan fingerprint density at radius 2 is 2.00 bits per heavy atom. The van der Waals surface area contributed by atoms with Gasteiger partial charge in [0.2, 0.25) is 0 Å². The Morgan fingerprint density at radius 1 is 1.22 bits per heavy atom. The van der Waals surface area contributed by atoms with Gasteiger partial charge in [-0.15, -0.1) is 0 Å². The highest BCUT2D eigenvalue weighted by atomic mass is 32.2. The third kappa shape index (κ3) is 6.08. The molecule has 0 aliphatic rings. The summed E-state index contributed by atoms with van der Waals surface area (Å²) in [5.41, 5.74) is 2.64. The number of carbonyl (C=O) groups excluding carboxylic acids is 1. The van der Waals surface area contributed by atoms with Gasteiger partial charge >= 0.3 is 5.69 Å². The predicted molar refractivity (Wildman–Crippen MR) is 120 cm³/mol. The van der Waals surface area contributed by atoms with Crippen molar-refractivity contribution in [3.8, 4) is 11.5 Å². The minimum Gasteiger partial charge on any atom is -0.493 e. The summed E-state index contributed by atoms with van der Waals surface area (Å²) >= 11 is 0.893. The average Bonchev–Trinajstić information content (AvgIpc) is 2.80. The first-order valence-electron chi connectivity index (χ1n) is 9.50. The number of thioether (sulfide) groups is 1. The second-order valence-electron chi connectivity index (χ2n) is 6.46. The highest BCUT2D eigenvalue weighted by Crippen LogP contribution is 2.30. The van der Waals surface area contributed by atoms with E-state index in [0.717, 1.165) is 17.3 Å². The van der Waals surface area contributed by atoms with Crippen molar-refractivity contribution in [2.24, 2.45) is 5.10 Å². The van der Waals surface area contributed by atoms with Gasteiger partial charge in [0.15, 0.2) is 16.5 Å². The zero-order valence-corrected chi connectivity index (χ0v) is 18.1. The number of methoxy groups -OCH3 is 1. The number of nitrogens with one attached hydrogen (secondary N) is 3. The van der Waals surface area contributed by atoms with Crippen LogP contribution in [0.4, 0.5) is 0 Å². The van der Waals surface area contributed by atoms with E-state index in [9.17, 15) is 14.4 Å². The van der Waals surface area contributed by atoms with Crippen LogP contribution in [0.25, 0.3) is 0 Å². The molecule has 2 aromatic carbocycles. The van der Waals surface area contributed by atoms with Crippen molar-refractivity contribution in [1.82, 2.24) is 20.6 Å². The molecule has 1 amide bonds. The first kappa shape index (κ1) is 22.8. The maximum absolute atomic E-state index is 12.3. The molecule has 32 heavy (non-hydrogen) atoms. The number of nitrogens with zero attached hydrogens (tertiary/aromatic N) is 2. The fourth-order valence-corrected chi connectivity index (χ4v) is 3.32. The summed E-state index contributed by atoms with van der Waals surface area (Å²) in [6, 6.07) is 15.0. The SMILES string of the molecule is COc1cccc(/C=N/NC(=O)C(C)Sc2n[nH]c(=O)[nH]c2=O)c1OCc1ccccc1. The maximum atomic E-state index is 12.3. The van der Waals surface area contributed by atoms with Crippen LogP contribution in [-0.4, -0.2) is 39.7 Å². The van der Waals surface area contributed by atoms with Crippen molar-refractivity contribution in [3.05, 3.63) is 80.5 Å². The Hall–Kier alpha value is -3.86. The van der Waals surface area contributed by atoms with E-state index in [1.165, 1.54) is 6.21 Å². The molecule has 0 saturated heterocycles. The summed E-state index contributed by atoms with van der Waals surface area (Å²) in [5, 5.41) is 9.04. The number of H-pyrrole nitrogens is 2. The summed E-state index contributed by atoms with van der Waals surface area (Å²) in [6.07, 6.45) is 1.45. The molecule has 0 fully saturated rings. The molecule has 0 bridgehead atoms. The molecule has 0 aliphatic heterocycles. The van der Waals surface area contributed by atoms with Gasteiger partial charge in [-0.25, -0.2) is 15.3 Å². The quantitative estimate of drug-likeness (QED) is 0.253. The van der Waals surface area contributed by atoms with Crippen LogP contribution in [0.2, 0.25) is 0 Å². The van der Waals surface area contributed by atoms with Crippen LogP contribution in [0.1, 0.15) is 18.1 Å². The molecule has 0 radical (unpaired) electrons. The fourth-order valence-electron chi connectivity index (χ4n) is 2.57. The summed E-state index contributed by atoms with van der Waals surface area (Å²) in [5.74, 6) is 0.569. The van der Waals surface area contributed by atoms with Gasteiger partial charge in [0, 0.05) is 5.56 Å². The van der Waals surface area contributed by atoms with E-state index in [0.29, 0.717) is 23.7 Å². The second-order valence-corrected chi connectivity index (χ2v) is 7.79. The molecule has 3 N–H and O–H groups in total. The summed E-state index contributed by atoms with van der Waals surface area (Å²) in [6.45, 7) is 1.92. The Labute approximate surface area is 187 Å². The fraction of sp³-hybridized carbons (Fsp3) is 0.190. The molecule has 0 aliphatic carbocycles. The molecule has 1 heterocycles. The first-order chi connectivity index (χ1) is 15.5. The van der Waals surface area contributed by atoms with Crippen LogP contribution >= 0.6 is 11.8 Å². The number of aromatic nitrogens is 3. The van der Waals surface area contributed by atoms with Crippen molar-refractivity contribution in [2.45, 2.75) is 23.8 Å². The van der Waals surface area contributed by atoms with Gasteiger partial charge in [0.25, 0.3) is 11.5 Å². The van der Waals surface area contributed by atoms with E-state index in [1.807, 2.05) is 30.3 Å². The van der Waals surface area contributed by atoms with E-state index >= 15 is 0 Å². The largest absolute Gasteiger partial charge is 0.493 e. The molecule has 1 atom stereocenters. The van der Waals surface area contributed by atoms with Gasteiger partial charge in [0.1, 0.15) is 6.61 Å². The van der Waals surface area contributed by atoms with E-state index in [2.05, 4.69) is 25.7 Å². The normalized spacial score (nSPS) is 11.8. The Kier molecular flexibility index (Phi) is 7.81. The van der Waals surface area contributed by atoms with E-state index in [1.54, 1.807) is 32.2 Å². The molecular formula is C21H21N5O5S. The number of amides is 1.